The fraction of sp³-hybridized carbons (Fsp3) is 0.600. The molecule has 0 radical (unpaired) electrons. The molecule has 3 heteroatoms. The minimum atomic E-state index is -0.201. The Kier molecular flexibility index (Phi) is 5.60. The van der Waals surface area contributed by atoms with Gasteiger partial charge in [-0.05, 0) is 24.0 Å². The molecule has 0 heterocycles. The third-order valence-corrected chi connectivity index (χ3v) is 2.79. The smallest absolute Gasteiger partial charge is 0.129 e. The van der Waals surface area contributed by atoms with Crippen LogP contribution in [0, 0.1) is 17.7 Å². The second-order valence-corrected chi connectivity index (χ2v) is 5.67. The third-order valence-electron chi connectivity index (χ3n) is 2.79. The molecular weight excluding hydrogens is 227 g/mol. The number of nitrogens with zero attached hydrogens (tertiary/aromatic N) is 1. The predicted octanol–water partition coefficient (Wildman–Crippen LogP) is 3.40. The van der Waals surface area contributed by atoms with Crippen LogP contribution in [-0.2, 0) is 6.54 Å². The van der Waals surface area contributed by atoms with Crippen LogP contribution in [0.3, 0.4) is 0 Å². The highest BCUT2D eigenvalue weighted by Gasteiger charge is 2.12. The lowest BCUT2D eigenvalue weighted by atomic mass is 10.1. The van der Waals surface area contributed by atoms with Crippen molar-refractivity contribution in [2.45, 2.75) is 34.2 Å². The van der Waals surface area contributed by atoms with E-state index in [1.54, 1.807) is 12.1 Å². The van der Waals surface area contributed by atoms with E-state index in [1.165, 1.54) is 0 Å². The molecule has 2 nitrogen and oxygen atoms in total. The van der Waals surface area contributed by atoms with Crippen LogP contribution in [0.2, 0.25) is 0 Å². The summed E-state index contributed by atoms with van der Waals surface area (Å²) >= 11 is 0. The molecule has 0 bridgehead atoms. The summed E-state index contributed by atoms with van der Waals surface area (Å²) < 4.78 is 13.8. The maximum atomic E-state index is 13.8. The van der Waals surface area contributed by atoms with Crippen LogP contribution < -0.4 is 10.6 Å². The average Bonchev–Trinajstić information content (AvgIpc) is 2.26. The van der Waals surface area contributed by atoms with Crippen LogP contribution >= 0.6 is 0 Å². The first kappa shape index (κ1) is 15.0. The molecule has 102 valence electrons. The van der Waals surface area contributed by atoms with Gasteiger partial charge < -0.3 is 10.6 Å². The Labute approximate surface area is 110 Å². The zero-order chi connectivity index (χ0) is 13.7. The molecule has 0 saturated carbocycles. The summed E-state index contributed by atoms with van der Waals surface area (Å²) in [4.78, 5) is 2.25. The number of hydrogen-bond donors (Lipinski definition) is 1. The molecule has 0 spiro atoms. The first-order valence-electron chi connectivity index (χ1n) is 6.67. The maximum Gasteiger partial charge on any atom is 0.129 e. The first-order valence-corrected chi connectivity index (χ1v) is 6.67. The molecule has 1 aromatic carbocycles. The highest BCUT2D eigenvalue weighted by molar-refractivity contribution is 5.48. The summed E-state index contributed by atoms with van der Waals surface area (Å²) in [5.74, 6) is 0.912. The lowest BCUT2D eigenvalue weighted by molar-refractivity contribution is 0.549. The molecule has 0 aliphatic carbocycles. The van der Waals surface area contributed by atoms with E-state index in [9.17, 15) is 4.39 Å². The monoisotopic (exact) mass is 252 g/mol. The van der Waals surface area contributed by atoms with Crippen molar-refractivity contribution in [3.63, 3.8) is 0 Å². The average molecular weight is 252 g/mol. The number of anilines is 1. The second-order valence-electron chi connectivity index (χ2n) is 5.67. The van der Waals surface area contributed by atoms with E-state index in [0.29, 0.717) is 17.4 Å². The quantitative estimate of drug-likeness (QED) is 0.840. The van der Waals surface area contributed by atoms with Crippen molar-refractivity contribution < 1.29 is 4.39 Å². The minimum Gasteiger partial charge on any atom is -0.371 e. The van der Waals surface area contributed by atoms with Crippen LogP contribution in [0.4, 0.5) is 10.1 Å². The summed E-state index contributed by atoms with van der Waals surface area (Å²) in [6.45, 7) is 10.9. The number of nitrogens with two attached hydrogens (primary N) is 1. The second kappa shape index (κ2) is 6.74. The van der Waals surface area contributed by atoms with Gasteiger partial charge in [-0.1, -0.05) is 33.8 Å². The van der Waals surface area contributed by atoms with Gasteiger partial charge in [-0.15, -0.1) is 0 Å². The zero-order valence-corrected chi connectivity index (χ0v) is 11.9. The molecule has 18 heavy (non-hydrogen) atoms. The molecule has 0 saturated heterocycles. The Morgan fingerprint density at radius 2 is 1.67 bits per heavy atom. The van der Waals surface area contributed by atoms with E-state index < -0.39 is 0 Å². The highest BCUT2D eigenvalue weighted by atomic mass is 19.1. The lowest BCUT2D eigenvalue weighted by Crippen LogP contribution is -2.31. The first-order chi connectivity index (χ1) is 8.43. The largest absolute Gasteiger partial charge is 0.371 e. The summed E-state index contributed by atoms with van der Waals surface area (Å²) in [6.07, 6.45) is 0. The van der Waals surface area contributed by atoms with E-state index in [4.69, 9.17) is 5.73 Å². The van der Waals surface area contributed by atoms with Crippen molar-refractivity contribution in [1.82, 2.24) is 0 Å². The number of hydrogen-bond acceptors (Lipinski definition) is 2. The Morgan fingerprint density at radius 3 is 2.06 bits per heavy atom. The van der Waals surface area contributed by atoms with Crippen LogP contribution in [0.1, 0.15) is 33.3 Å². The Bertz CT molecular complexity index is 365. The van der Waals surface area contributed by atoms with Gasteiger partial charge in [0.2, 0.25) is 0 Å². The summed E-state index contributed by atoms with van der Waals surface area (Å²) in [7, 11) is 0. The standard InChI is InChI=1S/C15H25FN2/c1-11(2)9-18(10-12(3)4)14-6-5-13(8-17)15(16)7-14/h5-7,11-12H,8-10,17H2,1-4H3. The molecule has 0 unspecified atom stereocenters. The van der Waals surface area contributed by atoms with Crippen molar-refractivity contribution in [3.05, 3.63) is 29.6 Å². The van der Waals surface area contributed by atoms with E-state index in [2.05, 4.69) is 32.6 Å². The summed E-state index contributed by atoms with van der Waals surface area (Å²) in [5, 5.41) is 0. The molecule has 1 rings (SSSR count). The van der Waals surface area contributed by atoms with Gasteiger partial charge in [0, 0.05) is 30.9 Å². The molecule has 0 amide bonds. The van der Waals surface area contributed by atoms with E-state index in [1.807, 2.05) is 6.07 Å². The molecule has 0 aliphatic heterocycles. The fourth-order valence-corrected chi connectivity index (χ4v) is 2.07. The van der Waals surface area contributed by atoms with E-state index in [0.717, 1.165) is 18.8 Å². The maximum absolute atomic E-state index is 13.8. The number of rotatable bonds is 6. The molecular formula is C15H25FN2. The third kappa shape index (κ3) is 4.30. The highest BCUT2D eigenvalue weighted by Crippen LogP contribution is 2.21. The van der Waals surface area contributed by atoms with Gasteiger partial charge in [-0.3, -0.25) is 0 Å². The fourth-order valence-electron chi connectivity index (χ4n) is 2.07. The SMILES string of the molecule is CC(C)CN(CC(C)C)c1ccc(CN)c(F)c1. The lowest BCUT2D eigenvalue weighted by Gasteiger charge is -2.28. The van der Waals surface area contributed by atoms with Crippen molar-refractivity contribution in [2.75, 3.05) is 18.0 Å². The van der Waals surface area contributed by atoms with Gasteiger partial charge in [0.05, 0.1) is 0 Å². The number of halogens is 1. The van der Waals surface area contributed by atoms with Crippen molar-refractivity contribution in [3.8, 4) is 0 Å². The van der Waals surface area contributed by atoms with Crippen molar-refractivity contribution in [2.24, 2.45) is 17.6 Å². The Hall–Kier alpha value is -1.09. The van der Waals surface area contributed by atoms with Gasteiger partial charge in [0.15, 0.2) is 0 Å². The van der Waals surface area contributed by atoms with E-state index >= 15 is 0 Å². The predicted molar refractivity (Wildman–Crippen MR) is 76.2 cm³/mol. The Morgan fingerprint density at radius 1 is 1.11 bits per heavy atom. The normalized spacial score (nSPS) is 11.3. The van der Waals surface area contributed by atoms with Gasteiger partial charge in [-0.2, -0.15) is 0 Å². The Balaban J connectivity index is 2.93. The molecule has 0 aliphatic rings. The summed E-state index contributed by atoms with van der Waals surface area (Å²) in [6, 6.07) is 5.36. The number of benzene rings is 1. The molecule has 2 N–H and O–H groups in total. The van der Waals surface area contributed by atoms with Crippen LogP contribution in [0.25, 0.3) is 0 Å². The molecule has 1 aromatic rings. The van der Waals surface area contributed by atoms with Crippen LogP contribution in [0.15, 0.2) is 18.2 Å². The minimum absolute atomic E-state index is 0.201. The van der Waals surface area contributed by atoms with Crippen LogP contribution in [-0.4, -0.2) is 13.1 Å². The van der Waals surface area contributed by atoms with E-state index in [-0.39, 0.29) is 12.4 Å². The zero-order valence-electron chi connectivity index (χ0n) is 11.9. The van der Waals surface area contributed by atoms with Crippen molar-refractivity contribution in [1.29, 1.82) is 0 Å². The van der Waals surface area contributed by atoms with Gasteiger partial charge in [0.1, 0.15) is 5.82 Å². The van der Waals surface area contributed by atoms with Gasteiger partial charge in [-0.25, -0.2) is 4.39 Å². The van der Waals surface area contributed by atoms with Gasteiger partial charge in [0.25, 0.3) is 0 Å². The summed E-state index contributed by atoms with van der Waals surface area (Å²) in [5.41, 5.74) is 7.01. The van der Waals surface area contributed by atoms with Crippen LogP contribution in [0.5, 0.6) is 0 Å². The van der Waals surface area contributed by atoms with Crippen molar-refractivity contribution >= 4 is 5.69 Å². The topological polar surface area (TPSA) is 29.3 Å². The van der Waals surface area contributed by atoms with Gasteiger partial charge >= 0.3 is 0 Å². The molecule has 0 atom stereocenters. The molecule has 0 aromatic heterocycles. The molecule has 0 fully saturated rings.